The highest BCUT2D eigenvalue weighted by Gasteiger charge is 2.07. The van der Waals surface area contributed by atoms with Gasteiger partial charge >= 0.3 is 0 Å². The smallest absolute Gasteiger partial charge is 0.238 e. The standard InChI is InChI=1S/C16H16F2N2O2/c1-22-13-5-2-11(3-6-13)9-19-10-16(21)20-15-7-4-12(17)8-14(15)18/h2-8,19H,9-10H2,1H3,(H,20,21). The molecule has 0 fully saturated rings. The summed E-state index contributed by atoms with van der Waals surface area (Å²) in [6.07, 6.45) is 0. The van der Waals surface area contributed by atoms with E-state index in [-0.39, 0.29) is 12.2 Å². The van der Waals surface area contributed by atoms with Crippen molar-refractivity contribution >= 4 is 11.6 Å². The summed E-state index contributed by atoms with van der Waals surface area (Å²) in [6, 6.07) is 10.4. The number of carbonyl (C=O) groups is 1. The first-order chi connectivity index (χ1) is 10.6. The first kappa shape index (κ1) is 15.9. The van der Waals surface area contributed by atoms with Crippen molar-refractivity contribution in [1.82, 2.24) is 5.32 Å². The lowest BCUT2D eigenvalue weighted by atomic mass is 10.2. The fourth-order valence-electron chi connectivity index (χ4n) is 1.85. The summed E-state index contributed by atoms with van der Waals surface area (Å²) in [4.78, 5) is 11.7. The fraction of sp³-hybridized carbons (Fsp3) is 0.188. The van der Waals surface area contributed by atoms with Gasteiger partial charge in [-0.25, -0.2) is 8.78 Å². The van der Waals surface area contributed by atoms with Crippen LogP contribution < -0.4 is 15.4 Å². The Balaban J connectivity index is 1.79. The third-order valence-corrected chi connectivity index (χ3v) is 2.98. The van der Waals surface area contributed by atoms with Gasteiger partial charge in [0.25, 0.3) is 0 Å². The molecular weight excluding hydrogens is 290 g/mol. The fourth-order valence-corrected chi connectivity index (χ4v) is 1.85. The van der Waals surface area contributed by atoms with E-state index in [9.17, 15) is 13.6 Å². The zero-order valence-corrected chi connectivity index (χ0v) is 12.0. The molecule has 4 nitrogen and oxygen atoms in total. The number of amides is 1. The minimum atomic E-state index is -0.802. The molecule has 0 atom stereocenters. The van der Waals surface area contributed by atoms with Crippen molar-refractivity contribution in [3.05, 3.63) is 59.7 Å². The first-order valence-electron chi connectivity index (χ1n) is 6.67. The van der Waals surface area contributed by atoms with Gasteiger partial charge in [0.05, 0.1) is 19.3 Å². The summed E-state index contributed by atoms with van der Waals surface area (Å²) >= 11 is 0. The largest absolute Gasteiger partial charge is 0.497 e. The number of methoxy groups -OCH3 is 1. The number of carbonyl (C=O) groups excluding carboxylic acids is 1. The maximum atomic E-state index is 13.4. The second-order valence-electron chi connectivity index (χ2n) is 4.62. The Labute approximate surface area is 127 Å². The molecule has 2 aromatic carbocycles. The molecule has 0 aliphatic carbocycles. The molecule has 0 spiro atoms. The number of nitrogens with one attached hydrogen (secondary N) is 2. The number of benzene rings is 2. The van der Waals surface area contributed by atoms with Gasteiger partial charge in [-0.3, -0.25) is 4.79 Å². The molecule has 2 N–H and O–H groups in total. The van der Waals surface area contributed by atoms with E-state index in [1.807, 2.05) is 24.3 Å². The quantitative estimate of drug-likeness (QED) is 0.863. The highest BCUT2D eigenvalue weighted by molar-refractivity contribution is 5.92. The molecular formula is C16H16F2N2O2. The minimum Gasteiger partial charge on any atom is -0.497 e. The Kier molecular flexibility index (Phi) is 5.43. The van der Waals surface area contributed by atoms with E-state index in [2.05, 4.69) is 10.6 Å². The molecule has 0 saturated carbocycles. The van der Waals surface area contributed by atoms with Crippen LogP contribution in [-0.2, 0) is 11.3 Å². The average Bonchev–Trinajstić information content (AvgIpc) is 2.51. The molecule has 0 saturated heterocycles. The SMILES string of the molecule is COc1ccc(CNCC(=O)Nc2ccc(F)cc2F)cc1. The molecule has 0 aliphatic rings. The van der Waals surface area contributed by atoms with E-state index < -0.39 is 17.5 Å². The van der Waals surface area contributed by atoms with Gasteiger partial charge in [0.1, 0.15) is 17.4 Å². The third kappa shape index (κ3) is 4.53. The minimum absolute atomic E-state index is 0.0167. The van der Waals surface area contributed by atoms with Crippen LogP contribution in [0, 0.1) is 11.6 Å². The van der Waals surface area contributed by atoms with Gasteiger partial charge in [-0.2, -0.15) is 0 Å². The number of hydrogen-bond acceptors (Lipinski definition) is 3. The summed E-state index contributed by atoms with van der Waals surface area (Å²) in [7, 11) is 1.59. The average molecular weight is 306 g/mol. The summed E-state index contributed by atoms with van der Waals surface area (Å²) in [5.41, 5.74) is 0.944. The molecule has 116 valence electrons. The predicted octanol–water partition coefficient (Wildman–Crippen LogP) is 2.70. The van der Waals surface area contributed by atoms with Crippen LogP contribution in [0.3, 0.4) is 0 Å². The van der Waals surface area contributed by atoms with Crippen LogP contribution in [0.25, 0.3) is 0 Å². The summed E-state index contributed by atoms with van der Waals surface area (Å²) in [5, 5.41) is 5.32. The Hall–Kier alpha value is -2.47. The normalized spacial score (nSPS) is 10.3. The molecule has 0 aromatic heterocycles. The summed E-state index contributed by atoms with van der Waals surface area (Å²) in [5.74, 6) is -1.14. The molecule has 6 heteroatoms. The molecule has 1 amide bonds. The lowest BCUT2D eigenvalue weighted by Gasteiger charge is -2.08. The van der Waals surface area contributed by atoms with Crippen molar-refractivity contribution in [2.75, 3.05) is 19.0 Å². The maximum absolute atomic E-state index is 13.4. The van der Waals surface area contributed by atoms with Crippen LogP contribution in [0.5, 0.6) is 5.75 Å². The van der Waals surface area contributed by atoms with Gasteiger partial charge in [0.15, 0.2) is 0 Å². The summed E-state index contributed by atoms with van der Waals surface area (Å²) in [6.45, 7) is 0.506. The van der Waals surface area contributed by atoms with E-state index in [4.69, 9.17) is 4.74 Å². The molecule has 2 aromatic rings. The van der Waals surface area contributed by atoms with Gasteiger partial charge in [0.2, 0.25) is 5.91 Å². The number of rotatable bonds is 6. The zero-order valence-electron chi connectivity index (χ0n) is 12.0. The van der Waals surface area contributed by atoms with Crippen molar-refractivity contribution in [2.45, 2.75) is 6.54 Å². The Bertz CT molecular complexity index is 645. The van der Waals surface area contributed by atoms with Crippen LogP contribution in [0.15, 0.2) is 42.5 Å². The molecule has 0 radical (unpaired) electrons. The van der Waals surface area contributed by atoms with Crippen molar-refractivity contribution in [3.8, 4) is 5.75 Å². The lowest BCUT2D eigenvalue weighted by Crippen LogP contribution is -2.28. The van der Waals surface area contributed by atoms with Crippen LogP contribution in [-0.4, -0.2) is 19.6 Å². The first-order valence-corrected chi connectivity index (χ1v) is 6.67. The van der Waals surface area contributed by atoms with Crippen molar-refractivity contribution in [2.24, 2.45) is 0 Å². The zero-order chi connectivity index (χ0) is 15.9. The van der Waals surface area contributed by atoms with E-state index in [1.165, 1.54) is 6.07 Å². The van der Waals surface area contributed by atoms with Crippen molar-refractivity contribution in [1.29, 1.82) is 0 Å². The number of anilines is 1. The van der Waals surface area contributed by atoms with Gasteiger partial charge < -0.3 is 15.4 Å². The van der Waals surface area contributed by atoms with Crippen molar-refractivity contribution < 1.29 is 18.3 Å². The molecule has 2 rings (SSSR count). The molecule has 22 heavy (non-hydrogen) atoms. The summed E-state index contributed by atoms with van der Waals surface area (Å²) < 4.78 is 31.2. The van der Waals surface area contributed by atoms with Crippen LogP contribution in [0.4, 0.5) is 14.5 Å². The highest BCUT2D eigenvalue weighted by Crippen LogP contribution is 2.14. The third-order valence-electron chi connectivity index (χ3n) is 2.98. The van der Waals surface area contributed by atoms with Crippen molar-refractivity contribution in [3.63, 3.8) is 0 Å². The van der Waals surface area contributed by atoms with Gasteiger partial charge in [-0.1, -0.05) is 12.1 Å². The molecule has 0 heterocycles. The van der Waals surface area contributed by atoms with Gasteiger partial charge in [0, 0.05) is 12.6 Å². The lowest BCUT2D eigenvalue weighted by molar-refractivity contribution is -0.115. The Morgan fingerprint density at radius 2 is 1.86 bits per heavy atom. The van der Waals surface area contributed by atoms with E-state index in [0.29, 0.717) is 6.54 Å². The molecule has 0 aliphatic heterocycles. The number of hydrogen-bond donors (Lipinski definition) is 2. The van der Waals surface area contributed by atoms with E-state index >= 15 is 0 Å². The van der Waals surface area contributed by atoms with Gasteiger partial charge in [-0.05, 0) is 29.8 Å². The second-order valence-corrected chi connectivity index (χ2v) is 4.62. The van der Waals surface area contributed by atoms with Crippen LogP contribution >= 0.6 is 0 Å². The van der Waals surface area contributed by atoms with E-state index in [0.717, 1.165) is 23.4 Å². The van der Waals surface area contributed by atoms with Gasteiger partial charge in [-0.15, -0.1) is 0 Å². The highest BCUT2D eigenvalue weighted by atomic mass is 19.1. The molecule has 0 bridgehead atoms. The molecule has 0 unspecified atom stereocenters. The second kappa shape index (κ2) is 7.51. The Morgan fingerprint density at radius 1 is 1.14 bits per heavy atom. The van der Waals surface area contributed by atoms with E-state index in [1.54, 1.807) is 7.11 Å². The van der Waals surface area contributed by atoms with Crippen LogP contribution in [0.2, 0.25) is 0 Å². The predicted molar refractivity (Wildman–Crippen MR) is 79.7 cm³/mol. The van der Waals surface area contributed by atoms with Crippen LogP contribution in [0.1, 0.15) is 5.56 Å². The Morgan fingerprint density at radius 3 is 2.50 bits per heavy atom. The number of halogens is 2. The maximum Gasteiger partial charge on any atom is 0.238 e. The topological polar surface area (TPSA) is 50.4 Å². The monoisotopic (exact) mass is 306 g/mol. The number of ether oxygens (including phenoxy) is 1.